The normalized spacial score (nSPS) is 21.0. The maximum absolute atomic E-state index is 6.51. The van der Waals surface area contributed by atoms with Crippen LogP contribution in [0.2, 0.25) is 0 Å². The zero-order valence-corrected chi connectivity index (χ0v) is 13.5. The Morgan fingerprint density at radius 3 is 2.50 bits per heavy atom. The molecule has 0 saturated heterocycles. The third-order valence-electron chi connectivity index (χ3n) is 5.94. The number of aryl methyl sites for hydroxylation is 2. The van der Waals surface area contributed by atoms with E-state index in [0.717, 1.165) is 12.3 Å². The van der Waals surface area contributed by atoms with Crippen LogP contribution in [0.1, 0.15) is 61.6 Å². The number of hydrogen-bond donors (Lipinski definition) is 2. The molecule has 2 nitrogen and oxygen atoms in total. The molecule has 1 unspecified atom stereocenters. The van der Waals surface area contributed by atoms with Gasteiger partial charge in [0.15, 0.2) is 0 Å². The lowest BCUT2D eigenvalue weighted by atomic mass is 9.92. The Labute approximate surface area is 133 Å². The number of H-pyrrole nitrogens is 1. The average molecular weight is 296 g/mol. The van der Waals surface area contributed by atoms with Gasteiger partial charge in [-0.2, -0.15) is 0 Å². The van der Waals surface area contributed by atoms with Crippen molar-refractivity contribution in [1.29, 1.82) is 0 Å². The summed E-state index contributed by atoms with van der Waals surface area (Å²) in [7, 11) is 0. The highest BCUT2D eigenvalue weighted by molar-refractivity contribution is 5.85. The fourth-order valence-corrected chi connectivity index (χ4v) is 4.57. The van der Waals surface area contributed by atoms with Crippen LogP contribution in [-0.2, 0) is 19.3 Å². The molecule has 118 valence electrons. The molecular formula is C20H28N2. The third-order valence-corrected chi connectivity index (χ3v) is 5.94. The second kappa shape index (κ2) is 6.08. The minimum atomic E-state index is 0.334. The number of aromatic nitrogens is 1. The van der Waals surface area contributed by atoms with E-state index < -0.39 is 0 Å². The highest BCUT2D eigenvalue weighted by Crippen LogP contribution is 2.31. The first-order valence-corrected chi connectivity index (χ1v) is 9.18. The molecule has 2 aromatic rings. The lowest BCUT2D eigenvalue weighted by Crippen LogP contribution is -2.30. The topological polar surface area (TPSA) is 41.8 Å². The molecular weight excluding hydrogens is 268 g/mol. The second-order valence-electron chi connectivity index (χ2n) is 7.45. The number of nitrogens with one attached hydrogen (secondary N) is 1. The van der Waals surface area contributed by atoms with E-state index in [1.54, 1.807) is 11.1 Å². The predicted octanol–water partition coefficient (Wildman–Crippen LogP) is 4.50. The summed E-state index contributed by atoms with van der Waals surface area (Å²) in [5.74, 6) is 0.741. The summed E-state index contributed by atoms with van der Waals surface area (Å²) in [5, 5.41) is 1.43. The molecule has 0 radical (unpaired) electrons. The van der Waals surface area contributed by atoms with Crippen molar-refractivity contribution in [3.05, 3.63) is 35.0 Å². The molecule has 1 atom stereocenters. The molecule has 0 amide bonds. The zero-order chi connectivity index (χ0) is 14.9. The molecule has 3 N–H and O–H groups in total. The molecule has 2 heteroatoms. The Bertz CT molecular complexity index is 649. The molecule has 2 aliphatic rings. The van der Waals surface area contributed by atoms with E-state index in [0.29, 0.717) is 6.04 Å². The molecule has 22 heavy (non-hydrogen) atoms. The molecule has 1 aromatic carbocycles. The maximum Gasteiger partial charge on any atom is 0.0459 e. The highest BCUT2D eigenvalue weighted by Gasteiger charge is 2.23. The van der Waals surface area contributed by atoms with Crippen molar-refractivity contribution in [2.45, 2.75) is 70.3 Å². The highest BCUT2D eigenvalue weighted by atomic mass is 14.7. The van der Waals surface area contributed by atoms with Crippen molar-refractivity contribution < 1.29 is 0 Å². The first-order chi connectivity index (χ1) is 10.8. The Balaban J connectivity index is 1.62. The van der Waals surface area contributed by atoms with Crippen LogP contribution < -0.4 is 5.73 Å². The van der Waals surface area contributed by atoms with Crippen LogP contribution in [0.4, 0.5) is 0 Å². The van der Waals surface area contributed by atoms with Gasteiger partial charge in [0.05, 0.1) is 0 Å². The fraction of sp³-hybridized carbons (Fsp3) is 0.600. The van der Waals surface area contributed by atoms with Gasteiger partial charge in [-0.05, 0) is 79.7 Å². The summed E-state index contributed by atoms with van der Waals surface area (Å²) in [5.41, 5.74) is 12.4. The summed E-state index contributed by atoms with van der Waals surface area (Å²) >= 11 is 0. The van der Waals surface area contributed by atoms with Crippen LogP contribution in [0.5, 0.6) is 0 Å². The minimum absolute atomic E-state index is 0.334. The number of nitrogens with two attached hydrogens (primary N) is 1. The molecule has 1 heterocycles. The summed E-state index contributed by atoms with van der Waals surface area (Å²) < 4.78 is 0. The van der Waals surface area contributed by atoms with Crippen LogP contribution in [-0.4, -0.2) is 11.0 Å². The molecule has 1 aromatic heterocycles. The van der Waals surface area contributed by atoms with Crippen LogP contribution in [0.15, 0.2) is 18.3 Å². The summed E-state index contributed by atoms with van der Waals surface area (Å²) in [6.07, 6.45) is 15.2. The van der Waals surface area contributed by atoms with Gasteiger partial charge in [0.2, 0.25) is 0 Å². The van der Waals surface area contributed by atoms with Crippen molar-refractivity contribution in [1.82, 2.24) is 4.98 Å². The summed E-state index contributed by atoms with van der Waals surface area (Å²) in [4.78, 5) is 3.50. The molecule has 0 spiro atoms. The molecule has 4 rings (SSSR count). The summed E-state index contributed by atoms with van der Waals surface area (Å²) in [6, 6.07) is 5.20. The molecule has 2 aliphatic carbocycles. The van der Waals surface area contributed by atoms with Gasteiger partial charge in [-0.1, -0.05) is 19.3 Å². The van der Waals surface area contributed by atoms with Crippen LogP contribution >= 0.6 is 0 Å². The Morgan fingerprint density at radius 2 is 1.73 bits per heavy atom. The Kier molecular flexibility index (Phi) is 3.96. The Hall–Kier alpha value is -1.28. The van der Waals surface area contributed by atoms with E-state index in [-0.39, 0.29) is 0 Å². The SMILES string of the molecule is NC(Cc1c[nH]c2cc3c(cc12)CCCCC3)C1CCCC1. The fourth-order valence-electron chi connectivity index (χ4n) is 4.57. The molecule has 1 fully saturated rings. The van der Waals surface area contributed by atoms with Gasteiger partial charge in [-0.3, -0.25) is 0 Å². The number of rotatable bonds is 3. The predicted molar refractivity (Wildman–Crippen MR) is 93.2 cm³/mol. The third kappa shape index (κ3) is 2.69. The van der Waals surface area contributed by atoms with Crippen molar-refractivity contribution in [3.8, 4) is 0 Å². The Morgan fingerprint density at radius 1 is 1.00 bits per heavy atom. The van der Waals surface area contributed by atoms with E-state index >= 15 is 0 Å². The smallest absolute Gasteiger partial charge is 0.0459 e. The van der Waals surface area contributed by atoms with Crippen molar-refractivity contribution in [2.24, 2.45) is 11.7 Å². The zero-order valence-electron chi connectivity index (χ0n) is 13.5. The lowest BCUT2D eigenvalue weighted by molar-refractivity contribution is 0.430. The van der Waals surface area contributed by atoms with Crippen molar-refractivity contribution in [3.63, 3.8) is 0 Å². The molecule has 0 aliphatic heterocycles. The largest absolute Gasteiger partial charge is 0.361 e. The van der Waals surface area contributed by atoms with E-state index in [4.69, 9.17) is 5.73 Å². The van der Waals surface area contributed by atoms with Crippen molar-refractivity contribution in [2.75, 3.05) is 0 Å². The average Bonchev–Trinajstić information content (AvgIpc) is 3.12. The van der Waals surface area contributed by atoms with Gasteiger partial charge >= 0.3 is 0 Å². The van der Waals surface area contributed by atoms with Crippen LogP contribution in [0, 0.1) is 5.92 Å². The van der Waals surface area contributed by atoms with Gasteiger partial charge in [0.25, 0.3) is 0 Å². The molecule has 0 bridgehead atoms. The first-order valence-electron chi connectivity index (χ1n) is 9.18. The van der Waals surface area contributed by atoms with E-state index in [1.807, 2.05) is 0 Å². The standard InChI is InChI=1S/C20H28N2/c21-19(14-6-4-5-7-14)11-17-13-22-20-12-16-9-3-1-2-8-15(16)10-18(17)20/h10,12-14,19,22H,1-9,11,21H2. The van der Waals surface area contributed by atoms with Crippen LogP contribution in [0.25, 0.3) is 10.9 Å². The molecule has 1 saturated carbocycles. The van der Waals surface area contributed by atoms with Gasteiger partial charge in [-0.25, -0.2) is 0 Å². The van der Waals surface area contributed by atoms with Gasteiger partial charge in [0.1, 0.15) is 0 Å². The quantitative estimate of drug-likeness (QED) is 0.805. The second-order valence-corrected chi connectivity index (χ2v) is 7.45. The number of fused-ring (bicyclic) bond motifs is 2. The van der Waals surface area contributed by atoms with Crippen LogP contribution in [0.3, 0.4) is 0 Å². The number of benzene rings is 1. The van der Waals surface area contributed by atoms with Gasteiger partial charge in [-0.15, -0.1) is 0 Å². The lowest BCUT2D eigenvalue weighted by Gasteiger charge is -2.18. The maximum atomic E-state index is 6.51. The van der Waals surface area contributed by atoms with E-state index in [9.17, 15) is 0 Å². The van der Waals surface area contributed by atoms with E-state index in [1.165, 1.54) is 74.3 Å². The number of aromatic amines is 1. The van der Waals surface area contributed by atoms with Crippen molar-refractivity contribution >= 4 is 10.9 Å². The van der Waals surface area contributed by atoms with Gasteiger partial charge in [0, 0.05) is 23.1 Å². The van der Waals surface area contributed by atoms with Gasteiger partial charge < -0.3 is 10.7 Å². The first kappa shape index (κ1) is 14.3. The summed E-state index contributed by atoms with van der Waals surface area (Å²) in [6.45, 7) is 0. The number of hydrogen-bond acceptors (Lipinski definition) is 1. The monoisotopic (exact) mass is 296 g/mol. The minimum Gasteiger partial charge on any atom is -0.361 e. The van der Waals surface area contributed by atoms with E-state index in [2.05, 4.69) is 23.3 Å².